The number of hydrogen-bond donors (Lipinski definition) is 0. The molecule has 0 N–H and O–H groups in total. The summed E-state index contributed by atoms with van der Waals surface area (Å²) in [6, 6.07) is 5.57. The molecule has 1 heterocycles. The topological polar surface area (TPSA) is 45.1 Å². The number of carbonyl (C=O) groups excluding carboxylic acids is 1. The molecule has 5 nitrogen and oxygen atoms in total. The van der Waals surface area contributed by atoms with Crippen molar-refractivity contribution in [3.63, 3.8) is 0 Å². The van der Waals surface area contributed by atoms with Gasteiger partial charge in [0.05, 0.1) is 6.04 Å². The molecule has 0 aromatic heterocycles. The molecule has 4 rings (SSSR count). The molecule has 0 bridgehead atoms. The third kappa shape index (κ3) is 7.01. The maximum Gasteiger partial charge on any atom is 0.300 e. The predicted molar refractivity (Wildman–Crippen MR) is 160 cm³/mol. The molecule has 2 saturated carbocycles. The Bertz CT molecular complexity index is 978. The number of aliphatic imine (C=N–C) groups is 1. The van der Waals surface area contributed by atoms with Gasteiger partial charge >= 0.3 is 6.02 Å². The average Bonchev–Trinajstić information content (AvgIpc) is 3.23. The van der Waals surface area contributed by atoms with Gasteiger partial charge in [0.2, 0.25) is 0 Å². The van der Waals surface area contributed by atoms with Gasteiger partial charge in [-0.15, -0.1) is 0 Å². The number of nitrogens with zero attached hydrogens (tertiary/aromatic N) is 3. The van der Waals surface area contributed by atoms with Crippen LogP contribution < -0.4 is 4.90 Å². The van der Waals surface area contributed by atoms with Gasteiger partial charge in [0, 0.05) is 24.8 Å². The molecule has 0 unspecified atom stereocenters. The summed E-state index contributed by atoms with van der Waals surface area (Å²) in [6.45, 7) is 11.2. The number of carbonyl (C=O) groups is 1. The summed E-state index contributed by atoms with van der Waals surface area (Å²) >= 11 is 0. The van der Waals surface area contributed by atoms with E-state index < -0.39 is 0 Å². The fourth-order valence-corrected chi connectivity index (χ4v) is 6.48. The van der Waals surface area contributed by atoms with Gasteiger partial charge in [0.1, 0.15) is 0 Å². The highest BCUT2D eigenvalue weighted by atomic mass is 16.5. The second kappa shape index (κ2) is 14.2. The van der Waals surface area contributed by atoms with E-state index in [1.165, 1.54) is 81.0 Å². The lowest BCUT2D eigenvalue weighted by molar-refractivity contribution is -0.124. The van der Waals surface area contributed by atoms with Crippen LogP contribution in [0.2, 0.25) is 0 Å². The van der Waals surface area contributed by atoms with Crippen molar-refractivity contribution in [1.82, 2.24) is 4.90 Å². The normalized spacial score (nSPS) is 21.5. The summed E-state index contributed by atoms with van der Waals surface area (Å²) in [4.78, 5) is 23.3. The van der Waals surface area contributed by atoms with Crippen molar-refractivity contribution in [1.29, 1.82) is 0 Å². The quantitative estimate of drug-likeness (QED) is 0.276. The first-order valence-corrected chi connectivity index (χ1v) is 15.7. The van der Waals surface area contributed by atoms with Crippen LogP contribution in [0.3, 0.4) is 0 Å². The molecular weight excluding hydrogens is 470 g/mol. The highest BCUT2D eigenvalue weighted by molar-refractivity contribution is 6.11. The van der Waals surface area contributed by atoms with Crippen LogP contribution in [0.15, 0.2) is 22.9 Å². The largest absolute Gasteiger partial charge is 0.420 e. The average molecular weight is 522 g/mol. The number of unbranched alkanes of at least 4 members (excludes halogenated alkanes) is 2. The lowest BCUT2D eigenvalue weighted by Gasteiger charge is -2.29. The summed E-state index contributed by atoms with van der Waals surface area (Å²) in [7, 11) is 0. The van der Waals surface area contributed by atoms with Crippen LogP contribution in [0.5, 0.6) is 0 Å². The Balaban J connectivity index is 1.64. The van der Waals surface area contributed by atoms with Crippen LogP contribution in [-0.4, -0.2) is 42.0 Å². The Morgan fingerprint density at radius 1 is 0.947 bits per heavy atom. The number of amides is 1. The predicted octanol–water partition coefficient (Wildman–Crippen LogP) is 8.19. The molecule has 3 aliphatic rings. The lowest BCUT2D eigenvalue weighted by Crippen LogP contribution is -2.41. The van der Waals surface area contributed by atoms with Gasteiger partial charge in [-0.25, -0.2) is 4.99 Å². The van der Waals surface area contributed by atoms with Crippen LogP contribution in [-0.2, 0) is 16.0 Å². The van der Waals surface area contributed by atoms with E-state index in [0.717, 1.165) is 50.8 Å². The van der Waals surface area contributed by atoms with Crippen LogP contribution in [0, 0.1) is 6.92 Å². The van der Waals surface area contributed by atoms with Gasteiger partial charge in [-0.3, -0.25) is 9.69 Å². The molecular formula is C33H51N3O2. The second-order valence-corrected chi connectivity index (χ2v) is 11.7. The lowest BCUT2D eigenvalue weighted by atomic mass is 9.94. The van der Waals surface area contributed by atoms with Gasteiger partial charge < -0.3 is 9.64 Å². The van der Waals surface area contributed by atoms with Crippen molar-refractivity contribution in [2.75, 3.05) is 18.0 Å². The van der Waals surface area contributed by atoms with E-state index in [4.69, 9.17) is 9.73 Å². The van der Waals surface area contributed by atoms with E-state index in [1.54, 1.807) is 0 Å². The number of amidine groups is 1. The first-order valence-electron chi connectivity index (χ1n) is 15.7. The first-order chi connectivity index (χ1) is 18.5. The molecule has 3 fully saturated rings. The molecule has 1 aliphatic heterocycles. The van der Waals surface area contributed by atoms with Gasteiger partial charge in [-0.2, -0.15) is 0 Å². The molecule has 1 aromatic carbocycles. The molecule has 2 aliphatic carbocycles. The van der Waals surface area contributed by atoms with Gasteiger partial charge in [-0.05, 0) is 86.8 Å². The molecule has 0 radical (unpaired) electrons. The number of benzene rings is 1. The zero-order chi connectivity index (χ0) is 26.9. The Hall–Kier alpha value is -2.30. The Morgan fingerprint density at radius 2 is 1.58 bits per heavy atom. The van der Waals surface area contributed by atoms with E-state index in [2.05, 4.69) is 44.7 Å². The molecule has 210 valence electrons. The minimum Gasteiger partial charge on any atom is -0.420 e. The van der Waals surface area contributed by atoms with Crippen LogP contribution in [0.1, 0.15) is 127 Å². The second-order valence-electron chi connectivity index (χ2n) is 11.7. The standard InChI is InChI=1S/C33H51N3O2/c1-5-8-20-35(21-9-6-2)31-25(4)22-26(23-27(31)7-3)24-30-32(37)36(29-18-14-11-15-19-29)33(38-30)34-28-16-12-10-13-17-28/h22-24,28-29H,5-21H2,1-4H3/b30-24+,34-33?. The minimum atomic E-state index is -0.00115. The summed E-state index contributed by atoms with van der Waals surface area (Å²) < 4.78 is 6.32. The van der Waals surface area contributed by atoms with Gasteiger partial charge in [-0.1, -0.05) is 72.1 Å². The van der Waals surface area contributed by atoms with Crippen molar-refractivity contribution in [2.45, 2.75) is 136 Å². The monoisotopic (exact) mass is 521 g/mol. The third-order valence-corrected chi connectivity index (χ3v) is 8.60. The minimum absolute atomic E-state index is 0.00115. The number of ether oxygens (including phenoxy) is 1. The van der Waals surface area contributed by atoms with Gasteiger partial charge in [0.15, 0.2) is 5.76 Å². The Kier molecular flexibility index (Phi) is 10.7. The number of anilines is 1. The molecule has 1 saturated heterocycles. The van der Waals surface area contributed by atoms with Gasteiger partial charge in [0.25, 0.3) is 5.91 Å². The Morgan fingerprint density at radius 3 is 2.18 bits per heavy atom. The fourth-order valence-electron chi connectivity index (χ4n) is 6.48. The highest BCUT2D eigenvalue weighted by Gasteiger charge is 2.40. The molecule has 1 aromatic rings. The molecule has 38 heavy (non-hydrogen) atoms. The van der Waals surface area contributed by atoms with E-state index >= 15 is 0 Å². The zero-order valence-electron chi connectivity index (χ0n) is 24.6. The van der Waals surface area contributed by atoms with E-state index in [9.17, 15) is 4.79 Å². The summed E-state index contributed by atoms with van der Waals surface area (Å²) in [5.74, 6) is 0.437. The van der Waals surface area contributed by atoms with Crippen LogP contribution in [0.4, 0.5) is 5.69 Å². The number of rotatable bonds is 11. The molecule has 0 atom stereocenters. The van der Waals surface area contributed by atoms with Crippen molar-refractivity contribution < 1.29 is 9.53 Å². The maximum atomic E-state index is 13.8. The van der Waals surface area contributed by atoms with E-state index in [-0.39, 0.29) is 18.0 Å². The summed E-state index contributed by atoms with van der Waals surface area (Å²) in [6.07, 6.45) is 19.4. The van der Waals surface area contributed by atoms with Crippen molar-refractivity contribution in [2.24, 2.45) is 4.99 Å². The smallest absolute Gasteiger partial charge is 0.300 e. The SMILES string of the molecule is CCCCN(CCCC)c1c(C)cc(/C=C2/OC(=NC3CCCCC3)N(C3CCCCC3)C2=O)cc1CC. The molecule has 1 amide bonds. The van der Waals surface area contributed by atoms with Crippen molar-refractivity contribution in [3.8, 4) is 0 Å². The maximum absolute atomic E-state index is 13.8. The van der Waals surface area contributed by atoms with Crippen LogP contribution >= 0.6 is 0 Å². The van der Waals surface area contributed by atoms with Crippen molar-refractivity contribution >= 4 is 23.7 Å². The molecule has 0 spiro atoms. The summed E-state index contributed by atoms with van der Waals surface area (Å²) in [5.41, 5.74) is 5.09. The highest BCUT2D eigenvalue weighted by Crippen LogP contribution is 2.33. The van der Waals surface area contributed by atoms with Crippen LogP contribution in [0.25, 0.3) is 6.08 Å². The first kappa shape index (κ1) is 28.7. The van der Waals surface area contributed by atoms with E-state index in [0.29, 0.717) is 11.8 Å². The Labute approximate surface area is 231 Å². The summed E-state index contributed by atoms with van der Waals surface area (Å²) in [5, 5.41) is 0. The number of aryl methyl sites for hydroxylation is 2. The molecule has 5 heteroatoms. The van der Waals surface area contributed by atoms with E-state index in [1.807, 2.05) is 11.0 Å². The third-order valence-electron chi connectivity index (χ3n) is 8.60. The fraction of sp³-hybridized carbons (Fsp3) is 0.697. The zero-order valence-corrected chi connectivity index (χ0v) is 24.6. The van der Waals surface area contributed by atoms with Crippen molar-refractivity contribution in [3.05, 3.63) is 34.6 Å². The number of hydrogen-bond acceptors (Lipinski definition) is 4.